The lowest BCUT2D eigenvalue weighted by Crippen LogP contribution is -2.59. The van der Waals surface area contributed by atoms with Crippen molar-refractivity contribution in [2.45, 2.75) is 64.5 Å². The summed E-state index contributed by atoms with van der Waals surface area (Å²) in [5, 5.41) is 2.99. The first-order valence-corrected chi connectivity index (χ1v) is 6.73. The highest BCUT2D eigenvalue weighted by atomic mass is 16.6. The summed E-state index contributed by atoms with van der Waals surface area (Å²) in [7, 11) is 0. The van der Waals surface area contributed by atoms with Crippen molar-refractivity contribution in [3.05, 3.63) is 0 Å². The Morgan fingerprint density at radius 1 is 1.39 bits per heavy atom. The Balaban J connectivity index is 2.01. The van der Waals surface area contributed by atoms with Gasteiger partial charge in [0.25, 0.3) is 0 Å². The second kappa shape index (κ2) is 4.25. The molecule has 3 aliphatic carbocycles. The molecule has 4 heteroatoms. The molecule has 3 aliphatic rings. The van der Waals surface area contributed by atoms with E-state index in [0.717, 1.165) is 19.3 Å². The molecule has 0 aromatic heterocycles. The largest absolute Gasteiger partial charge is 0.444 e. The van der Waals surface area contributed by atoms with E-state index < -0.39 is 5.60 Å². The predicted molar refractivity (Wildman–Crippen MR) is 68.2 cm³/mol. The second-order valence-electron chi connectivity index (χ2n) is 6.89. The van der Waals surface area contributed by atoms with Gasteiger partial charge in [-0.1, -0.05) is 0 Å². The number of nitrogens with one attached hydrogen (secondary N) is 1. The fraction of sp³-hybridized carbons (Fsp3) is 0.857. The number of amides is 1. The fourth-order valence-electron chi connectivity index (χ4n) is 3.20. The summed E-state index contributed by atoms with van der Waals surface area (Å²) in [5.74, 6) is 0.771. The molecule has 18 heavy (non-hydrogen) atoms. The van der Waals surface area contributed by atoms with Crippen molar-refractivity contribution >= 4 is 11.9 Å². The van der Waals surface area contributed by atoms with E-state index in [4.69, 9.17) is 4.74 Å². The summed E-state index contributed by atoms with van der Waals surface area (Å²) < 4.78 is 5.31. The monoisotopic (exact) mass is 253 g/mol. The first-order chi connectivity index (χ1) is 8.20. The van der Waals surface area contributed by atoms with E-state index in [1.807, 2.05) is 27.7 Å². The molecule has 0 saturated heterocycles. The fourth-order valence-corrected chi connectivity index (χ4v) is 3.20. The lowest BCUT2D eigenvalue weighted by atomic mass is 9.60. The van der Waals surface area contributed by atoms with E-state index in [1.165, 1.54) is 0 Å². The van der Waals surface area contributed by atoms with Crippen molar-refractivity contribution in [2.24, 2.45) is 11.8 Å². The normalized spacial score (nSPS) is 35.4. The molecule has 3 rings (SSSR count). The summed E-state index contributed by atoms with van der Waals surface area (Å²) in [4.78, 5) is 23.6. The van der Waals surface area contributed by atoms with E-state index in [0.29, 0.717) is 12.2 Å². The van der Waals surface area contributed by atoms with Crippen molar-refractivity contribution in [2.75, 3.05) is 0 Å². The maximum Gasteiger partial charge on any atom is 0.408 e. The van der Waals surface area contributed by atoms with Crippen molar-refractivity contribution in [1.29, 1.82) is 0 Å². The van der Waals surface area contributed by atoms with Crippen LogP contribution in [0.4, 0.5) is 4.79 Å². The Labute approximate surface area is 108 Å². The van der Waals surface area contributed by atoms with Crippen LogP contribution in [0.15, 0.2) is 0 Å². The van der Waals surface area contributed by atoms with Crippen molar-refractivity contribution in [3.8, 4) is 0 Å². The van der Waals surface area contributed by atoms with Crippen LogP contribution >= 0.6 is 0 Å². The zero-order chi connectivity index (χ0) is 13.6. The van der Waals surface area contributed by atoms with Crippen LogP contribution in [-0.4, -0.2) is 23.0 Å². The second-order valence-corrected chi connectivity index (χ2v) is 6.89. The van der Waals surface area contributed by atoms with Gasteiger partial charge in [-0.25, -0.2) is 4.79 Å². The Morgan fingerprint density at radius 3 is 2.50 bits per heavy atom. The number of rotatable bonds is 1. The van der Waals surface area contributed by atoms with Crippen LogP contribution in [-0.2, 0) is 9.53 Å². The average molecular weight is 253 g/mol. The van der Waals surface area contributed by atoms with E-state index >= 15 is 0 Å². The van der Waals surface area contributed by atoms with Gasteiger partial charge in [0.05, 0.1) is 0 Å². The Morgan fingerprint density at radius 2 is 2.06 bits per heavy atom. The molecular formula is C14H23NO3. The van der Waals surface area contributed by atoms with Crippen molar-refractivity contribution in [1.82, 2.24) is 5.32 Å². The number of ether oxygens (including phenoxy) is 1. The molecule has 4 nitrogen and oxygen atoms in total. The minimum atomic E-state index is -0.482. The molecule has 1 amide bonds. The third-order valence-electron chi connectivity index (χ3n) is 4.12. The van der Waals surface area contributed by atoms with Crippen LogP contribution in [0.3, 0.4) is 0 Å². The summed E-state index contributed by atoms with van der Waals surface area (Å²) in [6.07, 6.45) is 3.01. The predicted octanol–water partition coefficient (Wildman–Crippen LogP) is 2.66. The highest BCUT2D eigenvalue weighted by Gasteiger charge is 2.49. The minimum Gasteiger partial charge on any atom is -0.444 e. The van der Waals surface area contributed by atoms with Crippen molar-refractivity contribution in [3.63, 3.8) is 0 Å². The number of Topliss-reactive ketones (excluding diaryl/α,β-unsaturated/α-hetero) is 1. The number of carbonyl (C=O) groups is 2. The molecule has 3 atom stereocenters. The maximum absolute atomic E-state index is 11.9. The maximum atomic E-state index is 11.9. The molecule has 3 unspecified atom stereocenters. The van der Waals surface area contributed by atoms with Crippen LogP contribution in [0.25, 0.3) is 0 Å². The van der Waals surface area contributed by atoms with E-state index in [-0.39, 0.29) is 23.5 Å². The van der Waals surface area contributed by atoms with E-state index in [2.05, 4.69) is 5.32 Å². The standard InChI is InChI=1S/C14H23NO3/c1-13(2,3)18-12(17)15-14(4)8-9-5-6-10(14)7-11(9)16/h9-10H,5-8H2,1-4H3,(H,15,17). The van der Waals surface area contributed by atoms with Gasteiger partial charge in [0, 0.05) is 17.9 Å². The lowest BCUT2D eigenvalue weighted by Gasteiger charge is -2.49. The molecular weight excluding hydrogens is 230 g/mol. The van der Waals surface area contributed by atoms with E-state index in [1.54, 1.807) is 0 Å². The number of carbonyl (C=O) groups excluding carboxylic acids is 2. The molecule has 2 bridgehead atoms. The number of ketones is 1. The van der Waals surface area contributed by atoms with Gasteiger partial charge in [0.2, 0.25) is 0 Å². The smallest absolute Gasteiger partial charge is 0.408 e. The average Bonchev–Trinajstić information content (AvgIpc) is 2.16. The van der Waals surface area contributed by atoms with Gasteiger partial charge in [0.15, 0.2) is 0 Å². The zero-order valence-electron chi connectivity index (χ0n) is 11.7. The number of hydrogen-bond acceptors (Lipinski definition) is 3. The summed E-state index contributed by atoms with van der Waals surface area (Å²) >= 11 is 0. The molecule has 0 aromatic carbocycles. The molecule has 1 N–H and O–H groups in total. The molecule has 3 fully saturated rings. The quantitative estimate of drug-likeness (QED) is 0.781. The Bertz CT molecular complexity index is 372. The number of hydrogen-bond donors (Lipinski definition) is 1. The molecule has 0 aromatic rings. The highest BCUT2D eigenvalue weighted by molar-refractivity contribution is 5.84. The van der Waals surface area contributed by atoms with Gasteiger partial charge in [-0.2, -0.15) is 0 Å². The summed E-state index contributed by atoms with van der Waals surface area (Å²) in [6, 6.07) is 0. The lowest BCUT2D eigenvalue weighted by molar-refractivity contribution is -0.133. The third-order valence-corrected chi connectivity index (χ3v) is 4.12. The summed E-state index contributed by atoms with van der Waals surface area (Å²) in [6.45, 7) is 7.60. The van der Waals surface area contributed by atoms with Crippen LogP contribution in [0.1, 0.15) is 53.4 Å². The molecule has 0 radical (unpaired) electrons. The molecule has 0 heterocycles. The highest BCUT2D eigenvalue weighted by Crippen LogP contribution is 2.45. The first-order valence-electron chi connectivity index (χ1n) is 6.73. The number of fused-ring (bicyclic) bond motifs is 3. The van der Waals surface area contributed by atoms with Gasteiger partial charge in [-0.05, 0) is 52.9 Å². The Kier molecular flexibility index (Phi) is 3.16. The number of alkyl carbamates (subject to hydrolysis) is 1. The van der Waals surface area contributed by atoms with Crippen molar-refractivity contribution < 1.29 is 14.3 Å². The third kappa shape index (κ3) is 2.68. The van der Waals surface area contributed by atoms with Gasteiger partial charge in [-0.3, -0.25) is 4.79 Å². The topological polar surface area (TPSA) is 55.4 Å². The van der Waals surface area contributed by atoms with Gasteiger partial charge in [-0.15, -0.1) is 0 Å². The van der Waals surface area contributed by atoms with Crippen LogP contribution < -0.4 is 5.32 Å². The van der Waals surface area contributed by atoms with Gasteiger partial charge < -0.3 is 10.1 Å². The first kappa shape index (κ1) is 13.4. The van der Waals surface area contributed by atoms with Gasteiger partial charge in [0.1, 0.15) is 11.4 Å². The van der Waals surface area contributed by atoms with Crippen LogP contribution in [0.5, 0.6) is 0 Å². The Hall–Kier alpha value is -1.06. The minimum absolute atomic E-state index is 0.134. The van der Waals surface area contributed by atoms with Crippen LogP contribution in [0.2, 0.25) is 0 Å². The van der Waals surface area contributed by atoms with Gasteiger partial charge >= 0.3 is 6.09 Å². The molecule has 0 aliphatic heterocycles. The molecule has 102 valence electrons. The molecule has 3 saturated carbocycles. The van der Waals surface area contributed by atoms with Crippen LogP contribution in [0, 0.1) is 11.8 Å². The summed E-state index contributed by atoms with van der Waals surface area (Å²) in [5.41, 5.74) is -0.761. The zero-order valence-corrected chi connectivity index (χ0v) is 11.7. The molecule has 0 spiro atoms. The van der Waals surface area contributed by atoms with E-state index in [9.17, 15) is 9.59 Å². The SMILES string of the molecule is CC(C)(C)OC(=O)NC1(C)CC2CCC1CC2=O.